The normalized spacial score (nSPS) is 12.3. The van der Waals surface area contributed by atoms with Gasteiger partial charge in [-0.2, -0.15) is 18.3 Å². The first-order chi connectivity index (χ1) is 12.4. The summed E-state index contributed by atoms with van der Waals surface area (Å²) in [5.41, 5.74) is -0.318. The van der Waals surface area contributed by atoms with Gasteiger partial charge in [-0.25, -0.2) is 4.98 Å². The predicted octanol–water partition coefficient (Wildman–Crippen LogP) is 3.79. The first kappa shape index (κ1) is 17.5. The summed E-state index contributed by atoms with van der Waals surface area (Å²) in [5, 5.41) is 16.0. The number of carbonyl (C=O) groups excluding carboxylic acids is 1. The number of aliphatic hydroxyl groups is 1. The van der Waals surface area contributed by atoms with Crippen LogP contribution in [0.5, 0.6) is 0 Å². The van der Waals surface area contributed by atoms with Crippen molar-refractivity contribution >= 4 is 11.5 Å². The highest BCUT2D eigenvalue weighted by molar-refractivity contribution is 6.05. The average molecular weight is 363 g/mol. The molecule has 0 aliphatic rings. The van der Waals surface area contributed by atoms with Gasteiger partial charge in [0.25, 0.3) is 0 Å². The molecule has 0 atom stereocenters. The highest BCUT2D eigenvalue weighted by Crippen LogP contribution is 2.33. The topological polar surface area (TPSA) is 92.0 Å². The Kier molecular flexibility index (Phi) is 4.61. The average Bonchev–Trinajstić information content (AvgIpc) is 3.26. The van der Waals surface area contributed by atoms with Crippen LogP contribution in [0.1, 0.15) is 32.9 Å². The molecule has 0 saturated carbocycles. The van der Waals surface area contributed by atoms with Gasteiger partial charge in [0.1, 0.15) is 18.3 Å². The van der Waals surface area contributed by atoms with Crippen molar-refractivity contribution in [1.82, 2.24) is 15.2 Å². The number of rotatable bonds is 5. The molecule has 134 valence electrons. The molecule has 0 unspecified atom stereocenters. The molecule has 0 aliphatic heterocycles. The van der Waals surface area contributed by atoms with Gasteiger partial charge in [0.2, 0.25) is 5.78 Å². The van der Waals surface area contributed by atoms with Gasteiger partial charge in [-0.1, -0.05) is 18.2 Å². The minimum atomic E-state index is -4.50. The molecule has 3 rings (SSSR count). The molecular formula is C17H12F3N3O3. The van der Waals surface area contributed by atoms with Crippen molar-refractivity contribution < 1.29 is 27.5 Å². The maximum absolute atomic E-state index is 13.1. The number of hydrogen-bond donors (Lipinski definition) is 2. The Labute approximate surface area is 145 Å². The number of nitrogens with zero attached hydrogens (tertiary/aromatic N) is 2. The van der Waals surface area contributed by atoms with E-state index < -0.39 is 23.3 Å². The smallest absolute Gasteiger partial charge is 0.416 e. The van der Waals surface area contributed by atoms with Gasteiger partial charge in [-0.15, -0.1) is 0 Å². The van der Waals surface area contributed by atoms with Crippen LogP contribution in [0.4, 0.5) is 13.2 Å². The number of furan rings is 1. The third-order valence-electron chi connectivity index (χ3n) is 3.64. The number of allylic oxidation sites excluding steroid dienone is 1. The van der Waals surface area contributed by atoms with E-state index in [0.717, 1.165) is 24.7 Å². The summed E-state index contributed by atoms with van der Waals surface area (Å²) >= 11 is 0. The molecule has 0 radical (unpaired) electrons. The lowest BCUT2D eigenvalue weighted by Crippen LogP contribution is -2.09. The number of carbonyl (C=O) groups is 1. The van der Waals surface area contributed by atoms with E-state index in [1.54, 1.807) is 0 Å². The van der Waals surface area contributed by atoms with E-state index in [1.807, 2.05) is 0 Å². The largest absolute Gasteiger partial charge is 0.507 e. The molecule has 6 nitrogen and oxygen atoms in total. The highest BCUT2D eigenvalue weighted by Gasteiger charge is 2.33. The van der Waals surface area contributed by atoms with Crippen molar-refractivity contribution in [2.45, 2.75) is 12.6 Å². The molecule has 0 aliphatic carbocycles. The Hall–Kier alpha value is -3.36. The number of benzene rings is 1. The fraction of sp³-hybridized carbons (Fsp3) is 0.118. The Balaban J connectivity index is 1.89. The minimum Gasteiger partial charge on any atom is -0.507 e. The molecule has 2 aromatic heterocycles. The van der Waals surface area contributed by atoms with Gasteiger partial charge in [0.05, 0.1) is 17.4 Å². The maximum atomic E-state index is 13.1. The summed E-state index contributed by atoms with van der Waals surface area (Å²) in [6.07, 6.45) is -0.215. The van der Waals surface area contributed by atoms with Gasteiger partial charge >= 0.3 is 6.18 Å². The molecule has 0 saturated heterocycles. The number of aromatic nitrogens is 3. The molecule has 0 bridgehead atoms. The van der Waals surface area contributed by atoms with Crippen LogP contribution in [0.25, 0.3) is 5.76 Å². The quantitative estimate of drug-likeness (QED) is 0.409. The summed E-state index contributed by atoms with van der Waals surface area (Å²) in [4.78, 5) is 15.6. The zero-order valence-electron chi connectivity index (χ0n) is 13.1. The summed E-state index contributed by atoms with van der Waals surface area (Å²) in [6, 6.07) is 5.13. The third kappa shape index (κ3) is 3.66. The maximum Gasteiger partial charge on any atom is 0.416 e. The fourth-order valence-electron chi connectivity index (χ4n) is 2.44. The lowest BCUT2D eigenvalue weighted by atomic mass is 9.98. The van der Waals surface area contributed by atoms with Gasteiger partial charge in [-0.3, -0.25) is 9.89 Å². The van der Waals surface area contributed by atoms with Crippen LogP contribution in [0, 0.1) is 0 Å². The van der Waals surface area contributed by atoms with E-state index in [0.29, 0.717) is 5.56 Å². The van der Waals surface area contributed by atoms with E-state index in [1.165, 1.54) is 24.5 Å². The molecule has 26 heavy (non-hydrogen) atoms. The predicted molar refractivity (Wildman–Crippen MR) is 84.3 cm³/mol. The Morgan fingerprint density at radius 3 is 2.69 bits per heavy atom. The fourth-order valence-corrected chi connectivity index (χ4v) is 2.44. The number of halogens is 3. The van der Waals surface area contributed by atoms with Crippen molar-refractivity contribution in [2.75, 3.05) is 0 Å². The molecule has 3 aromatic rings. The number of ketones is 1. The van der Waals surface area contributed by atoms with Crippen LogP contribution in [-0.2, 0) is 12.6 Å². The van der Waals surface area contributed by atoms with Crippen LogP contribution in [-0.4, -0.2) is 26.1 Å². The van der Waals surface area contributed by atoms with Crippen LogP contribution < -0.4 is 0 Å². The molecule has 0 amide bonds. The van der Waals surface area contributed by atoms with E-state index in [2.05, 4.69) is 15.2 Å². The number of aromatic amines is 1. The van der Waals surface area contributed by atoms with E-state index in [-0.39, 0.29) is 23.4 Å². The Morgan fingerprint density at radius 1 is 1.23 bits per heavy atom. The van der Waals surface area contributed by atoms with E-state index >= 15 is 0 Å². The van der Waals surface area contributed by atoms with E-state index in [4.69, 9.17) is 4.42 Å². The molecule has 2 heterocycles. The number of aliphatic hydroxyl groups excluding tert-OH is 1. The first-order valence-corrected chi connectivity index (χ1v) is 7.37. The second kappa shape index (κ2) is 6.87. The van der Waals surface area contributed by atoms with Gasteiger partial charge in [0, 0.05) is 18.1 Å². The Bertz CT molecular complexity index is 944. The molecule has 0 fully saturated rings. The lowest BCUT2D eigenvalue weighted by molar-refractivity contribution is -0.138. The number of nitrogens with one attached hydrogen (secondary N) is 1. The van der Waals surface area contributed by atoms with Gasteiger partial charge in [-0.05, 0) is 11.6 Å². The molecule has 9 heteroatoms. The molecule has 1 aromatic carbocycles. The lowest BCUT2D eigenvalue weighted by Gasteiger charge is -2.12. The van der Waals surface area contributed by atoms with Gasteiger partial charge < -0.3 is 9.52 Å². The second-order valence-electron chi connectivity index (χ2n) is 5.37. The van der Waals surface area contributed by atoms with Crippen molar-refractivity contribution in [2.24, 2.45) is 0 Å². The first-order valence-electron chi connectivity index (χ1n) is 7.37. The number of alkyl halides is 3. The zero-order chi connectivity index (χ0) is 18.7. The van der Waals surface area contributed by atoms with Crippen molar-refractivity contribution in [3.8, 4) is 0 Å². The van der Waals surface area contributed by atoms with Crippen molar-refractivity contribution in [1.29, 1.82) is 0 Å². The van der Waals surface area contributed by atoms with Crippen molar-refractivity contribution in [3.63, 3.8) is 0 Å². The van der Waals surface area contributed by atoms with Crippen LogP contribution >= 0.6 is 0 Å². The van der Waals surface area contributed by atoms with Crippen molar-refractivity contribution in [3.05, 3.63) is 77.3 Å². The van der Waals surface area contributed by atoms with E-state index in [9.17, 15) is 23.1 Å². The molecule has 0 spiro atoms. The standard InChI is InChI=1S/C17H12F3N3O3/c18-17(19,20)13-4-2-1-3-10(13)5-11-7-26-8-12(11)14(24)6-15(25)16-21-9-22-23-16/h1-4,6-9,24H,5H2,(H,21,22,23). The van der Waals surface area contributed by atoms with Crippen LogP contribution in [0.2, 0.25) is 0 Å². The number of hydrogen-bond acceptors (Lipinski definition) is 5. The zero-order valence-corrected chi connectivity index (χ0v) is 13.1. The summed E-state index contributed by atoms with van der Waals surface area (Å²) in [5.74, 6) is -1.16. The minimum absolute atomic E-state index is 0.0250. The Morgan fingerprint density at radius 2 is 2.00 bits per heavy atom. The number of H-pyrrole nitrogens is 1. The summed E-state index contributed by atoms with van der Waals surface area (Å²) in [6.45, 7) is 0. The second-order valence-corrected chi connectivity index (χ2v) is 5.37. The highest BCUT2D eigenvalue weighted by atomic mass is 19.4. The van der Waals surface area contributed by atoms with Crippen LogP contribution in [0.3, 0.4) is 0 Å². The summed E-state index contributed by atoms with van der Waals surface area (Å²) < 4.78 is 44.4. The van der Waals surface area contributed by atoms with Crippen LogP contribution in [0.15, 0.2) is 53.6 Å². The van der Waals surface area contributed by atoms with Gasteiger partial charge in [0.15, 0.2) is 5.82 Å². The SMILES string of the molecule is O=C(C=C(O)c1cocc1Cc1ccccc1C(F)(F)F)c1ncn[nH]1. The monoisotopic (exact) mass is 363 g/mol. The summed E-state index contributed by atoms with van der Waals surface area (Å²) in [7, 11) is 0. The molecule has 2 N–H and O–H groups in total. The third-order valence-corrected chi connectivity index (χ3v) is 3.64. The molecular weight excluding hydrogens is 351 g/mol.